The maximum Gasteiger partial charge on any atom is 0.252 e. The molecule has 0 saturated carbocycles. The molecule has 0 spiro atoms. The van der Waals surface area contributed by atoms with E-state index in [1.165, 1.54) is 0 Å². The third kappa shape index (κ3) is 2.76. The summed E-state index contributed by atoms with van der Waals surface area (Å²) in [7, 11) is 0. The lowest BCUT2D eigenvalue weighted by molar-refractivity contribution is -0.143. The summed E-state index contributed by atoms with van der Waals surface area (Å²) in [6.07, 6.45) is 3.12. The Labute approximate surface area is 130 Å². The molecule has 2 atom stereocenters. The molecule has 1 aliphatic heterocycles. The van der Waals surface area contributed by atoms with Crippen LogP contribution in [0.1, 0.15) is 31.6 Å². The van der Waals surface area contributed by atoms with E-state index in [1.54, 1.807) is 13.0 Å². The highest BCUT2D eigenvalue weighted by atomic mass is 16.5. The van der Waals surface area contributed by atoms with Gasteiger partial charge in [-0.3, -0.25) is 4.79 Å². The van der Waals surface area contributed by atoms with Crippen molar-refractivity contribution in [3.63, 3.8) is 0 Å². The summed E-state index contributed by atoms with van der Waals surface area (Å²) in [5.74, 6) is 0.882. The molecule has 0 unspecified atom stereocenters. The average Bonchev–Trinajstić information content (AvgIpc) is 3.17. The number of benzene rings is 1. The Balaban J connectivity index is 1.80. The monoisotopic (exact) mass is 299 g/mol. The van der Waals surface area contributed by atoms with Crippen LogP contribution in [-0.4, -0.2) is 40.0 Å². The lowest BCUT2D eigenvalue weighted by Gasteiger charge is -2.26. The minimum Gasteiger partial charge on any atom is -0.365 e. The molecule has 1 N–H and O–H groups in total. The number of nitrogens with one attached hydrogen (secondary N) is 1. The fourth-order valence-electron chi connectivity index (χ4n) is 2.96. The molecule has 1 aliphatic rings. The summed E-state index contributed by atoms with van der Waals surface area (Å²) in [5.41, 5.74) is 1.94. The van der Waals surface area contributed by atoms with Gasteiger partial charge in [-0.15, -0.1) is 6.58 Å². The van der Waals surface area contributed by atoms with Gasteiger partial charge >= 0.3 is 0 Å². The van der Waals surface area contributed by atoms with Gasteiger partial charge in [0, 0.05) is 6.54 Å². The van der Waals surface area contributed by atoms with Gasteiger partial charge < -0.3 is 14.6 Å². The van der Waals surface area contributed by atoms with Crippen molar-refractivity contribution in [2.45, 2.75) is 31.9 Å². The Kier molecular flexibility index (Phi) is 4.24. The van der Waals surface area contributed by atoms with E-state index >= 15 is 0 Å². The number of fused-ring (bicyclic) bond motifs is 1. The third-order valence-electron chi connectivity index (χ3n) is 4.07. The number of aromatic nitrogens is 2. The second-order valence-corrected chi connectivity index (χ2v) is 5.59. The van der Waals surface area contributed by atoms with Gasteiger partial charge in [0.15, 0.2) is 0 Å². The molecule has 0 radical (unpaired) electrons. The molecule has 5 heteroatoms. The fourth-order valence-corrected chi connectivity index (χ4v) is 2.96. The second-order valence-electron chi connectivity index (χ2n) is 5.59. The Hall–Kier alpha value is -2.14. The van der Waals surface area contributed by atoms with Gasteiger partial charge in [0.25, 0.3) is 5.91 Å². The van der Waals surface area contributed by atoms with Crippen LogP contribution in [0, 0.1) is 0 Å². The number of hydrogen-bond donors (Lipinski definition) is 1. The van der Waals surface area contributed by atoms with Crippen LogP contribution >= 0.6 is 0 Å². The quantitative estimate of drug-likeness (QED) is 0.864. The fraction of sp³-hybridized carbons (Fsp3) is 0.412. The van der Waals surface area contributed by atoms with Gasteiger partial charge in [0.1, 0.15) is 11.9 Å². The Bertz CT molecular complexity index is 646. The predicted molar refractivity (Wildman–Crippen MR) is 85.4 cm³/mol. The number of carbonyl (C=O) groups excluding carboxylic acids is 1. The van der Waals surface area contributed by atoms with Crippen LogP contribution in [0.2, 0.25) is 0 Å². The zero-order valence-electron chi connectivity index (χ0n) is 12.8. The van der Waals surface area contributed by atoms with Gasteiger partial charge in [0.05, 0.1) is 23.7 Å². The van der Waals surface area contributed by atoms with E-state index in [4.69, 9.17) is 4.74 Å². The van der Waals surface area contributed by atoms with E-state index in [0.29, 0.717) is 6.61 Å². The summed E-state index contributed by atoms with van der Waals surface area (Å²) in [6, 6.07) is 7.94. The average molecular weight is 299 g/mol. The standard InChI is InChI=1S/C17H21N3O2/c1-3-11-22-12(2)17(21)20-10-6-9-15(20)16-18-13-7-4-5-8-14(13)19-16/h3-5,7-8,12,15H,1,6,9-11H2,2H3,(H,18,19)/t12-,15-/m1/s1. The van der Waals surface area contributed by atoms with E-state index < -0.39 is 6.10 Å². The van der Waals surface area contributed by atoms with Gasteiger partial charge in [-0.25, -0.2) is 4.98 Å². The predicted octanol–water partition coefficient (Wildman–Crippen LogP) is 2.82. The molecule has 1 fully saturated rings. The zero-order chi connectivity index (χ0) is 15.5. The highest BCUT2D eigenvalue weighted by molar-refractivity contribution is 5.81. The van der Waals surface area contributed by atoms with Gasteiger partial charge in [0.2, 0.25) is 0 Å². The number of hydrogen-bond acceptors (Lipinski definition) is 3. The van der Waals surface area contributed by atoms with Crippen molar-refractivity contribution < 1.29 is 9.53 Å². The molecule has 22 heavy (non-hydrogen) atoms. The highest BCUT2D eigenvalue weighted by Gasteiger charge is 2.34. The molecule has 1 saturated heterocycles. The Morgan fingerprint density at radius 3 is 3.18 bits per heavy atom. The molecule has 116 valence electrons. The number of likely N-dealkylation sites (tertiary alicyclic amines) is 1. The number of imidazole rings is 1. The first-order valence-corrected chi connectivity index (χ1v) is 7.68. The molecule has 1 aromatic carbocycles. The van der Waals surface area contributed by atoms with Crippen molar-refractivity contribution >= 4 is 16.9 Å². The highest BCUT2D eigenvalue weighted by Crippen LogP contribution is 2.32. The van der Waals surface area contributed by atoms with Crippen LogP contribution in [0.5, 0.6) is 0 Å². The number of rotatable bonds is 5. The molecule has 1 amide bonds. The largest absolute Gasteiger partial charge is 0.365 e. The topological polar surface area (TPSA) is 58.2 Å². The van der Waals surface area contributed by atoms with Crippen LogP contribution in [0.15, 0.2) is 36.9 Å². The molecule has 2 aromatic rings. The van der Waals surface area contributed by atoms with Crippen molar-refractivity contribution in [2.75, 3.05) is 13.2 Å². The van der Waals surface area contributed by atoms with Crippen molar-refractivity contribution in [1.29, 1.82) is 0 Å². The lowest BCUT2D eigenvalue weighted by atomic mass is 10.2. The van der Waals surface area contributed by atoms with Gasteiger partial charge in [-0.05, 0) is 31.9 Å². The number of aromatic amines is 1. The summed E-state index contributed by atoms with van der Waals surface area (Å²) in [4.78, 5) is 22.4. The SMILES string of the molecule is C=CCO[C@H](C)C(=O)N1CCC[C@@H]1c1nc2ccccc2[nH]1. The van der Waals surface area contributed by atoms with E-state index in [-0.39, 0.29) is 11.9 Å². The lowest BCUT2D eigenvalue weighted by Crippen LogP contribution is -2.39. The molecule has 2 heterocycles. The molecule has 5 nitrogen and oxygen atoms in total. The van der Waals surface area contributed by atoms with Crippen molar-refractivity contribution in [3.05, 3.63) is 42.7 Å². The first-order valence-electron chi connectivity index (χ1n) is 7.68. The van der Waals surface area contributed by atoms with Crippen LogP contribution in [0.25, 0.3) is 11.0 Å². The molecule has 3 rings (SSSR count). The minimum atomic E-state index is -0.456. The Morgan fingerprint density at radius 2 is 2.41 bits per heavy atom. The number of amides is 1. The van der Waals surface area contributed by atoms with E-state index in [1.807, 2.05) is 29.2 Å². The smallest absolute Gasteiger partial charge is 0.252 e. The molecular weight excluding hydrogens is 278 g/mol. The summed E-state index contributed by atoms with van der Waals surface area (Å²) in [6.45, 7) is 6.54. The van der Waals surface area contributed by atoms with Crippen molar-refractivity contribution in [1.82, 2.24) is 14.9 Å². The summed E-state index contributed by atoms with van der Waals surface area (Å²) in [5, 5.41) is 0. The molecule has 1 aromatic heterocycles. The molecule has 0 aliphatic carbocycles. The maximum absolute atomic E-state index is 12.6. The third-order valence-corrected chi connectivity index (χ3v) is 4.07. The number of para-hydroxylation sites is 2. The van der Waals surface area contributed by atoms with Crippen molar-refractivity contribution in [2.24, 2.45) is 0 Å². The zero-order valence-corrected chi connectivity index (χ0v) is 12.8. The summed E-state index contributed by atoms with van der Waals surface area (Å²) >= 11 is 0. The van der Waals surface area contributed by atoms with E-state index in [0.717, 1.165) is 36.2 Å². The second kappa shape index (κ2) is 6.32. The minimum absolute atomic E-state index is 0.00896. The summed E-state index contributed by atoms with van der Waals surface area (Å²) < 4.78 is 5.47. The number of carbonyl (C=O) groups is 1. The number of H-pyrrole nitrogens is 1. The van der Waals surface area contributed by atoms with Crippen LogP contribution in [0.3, 0.4) is 0 Å². The van der Waals surface area contributed by atoms with Crippen molar-refractivity contribution in [3.8, 4) is 0 Å². The Morgan fingerprint density at radius 1 is 1.59 bits per heavy atom. The van der Waals surface area contributed by atoms with Crippen LogP contribution in [0.4, 0.5) is 0 Å². The van der Waals surface area contributed by atoms with Crippen LogP contribution in [-0.2, 0) is 9.53 Å². The van der Waals surface area contributed by atoms with Gasteiger partial charge in [-0.2, -0.15) is 0 Å². The molecular formula is C17H21N3O2. The number of ether oxygens (including phenoxy) is 1. The number of nitrogens with zero attached hydrogens (tertiary/aromatic N) is 2. The van der Waals surface area contributed by atoms with Gasteiger partial charge in [-0.1, -0.05) is 18.2 Å². The first-order chi connectivity index (χ1) is 10.7. The molecule has 0 bridgehead atoms. The van der Waals surface area contributed by atoms with E-state index in [2.05, 4.69) is 16.5 Å². The maximum atomic E-state index is 12.6. The first kappa shape index (κ1) is 14.8. The normalized spacial score (nSPS) is 19.5. The van der Waals surface area contributed by atoms with E-state index in [9.17, 15) is 4.79 Å². The van der Waals surface area contributed by atoms with Crippen LogP contribution < -0.4 is 0 Å².